The molecule has 2 heteroatoms. The summed E-state index contributed by atoms with van der Waals surface area (Å²) in [7, 11) is 0. The molecule has 1 aliphatic rings. The number of Topliss-reactive ketones (excluding diaryl/α,β-unsaturated/α-hetero) is 1. The van der Waals surface area contributed by atoms with E-state index in [1.165, 1.54) is 0 Å². The molecule has 0 spiro atoms. The van der Waals surface area contributed by atoms with Gasteiger partial charge in [0.2, 0.25) is 0 Å². The van der Waals surface area contributed by atoms with Crippen LogP contribution >= 0.6 is 0 Å². The molecule has 0 aliphatic heterocycles. The minimum Gasteiger partial charge on any atom is -0.330 e. The van der Waals surface area contributed by atoms with Crippen molar-refractivity contribution < 1.29 is 4.79 Å². The molecular weight excluding hydrogens is 198 g/mol. The molecule has 1 aromatic carbocycles. The van der Waals surface area contributed by atoms with Gasteiger partial charge in [0.05, 0.1) is 0 Å². The maximum Gasteiger partial charge on any atom is 0.165 e. The van der Waals surface area contributed by atoms with Crippen LogP contribution in [0, 0.1) is 17.8 Å². The molecule has 0 radical (unpaired) electrons. The predicted octanol–water partition coefficient (Wildman–Crippen LogP) is 1.98. The van der Waals surface area contributed by atoms with Crippen LogP contribution in [0.3, 0.4) is 0 Å². The first-order valence-electron chi connectivity index (χ1n) is 5.64. The molecule has 2 nitrogen and oxygen atoms in total. The number of carbonyl (C=O) groups excluding carboxylic acids is 1. The molecule has 1 saturated carbocycles. The van der Waals surface area contributed by atoms with E-state index >= 15 is 0 Å². The van der Waals surface area contributed by atoms with Gasteiger partial charge in [0.1, 0.15) is 0 Å². The van der Waals surface area contributed by atoms with Crippen molar-refractivity contribution in [1.29, 1.82) is 0 Å². The van der Waals surface area contributed by atoms with Gasteiger partial charge in [-0.1, -0.05) is 24.0 Å². The van der Waals surface area contributed by atoms with E-state index in [9.17, 15) is 4.79 Å². The standard InChI is InChI=1S/C14H15NO/c15-10-2-1-3-11-4-6-12(7-5-11)14(16)13-8-9-13/h4-7,13H,2,8-10,15H2. The van der Waals surface area contributed by atoms with Gasteiger partial charge < -0.3 is 5.73 Å². The number of hydrogen-bond donors (Lipinski definition) is 1. The van der Waals surface area contributed by atoms with Crippen LogP contribution in [0.1, 0.15) is 35.2 Å². The van der Waals surface area contributed by atoms with Gasteiger partial charge in [-0.2, -0.15) is 0 Å². The van der Waals surface area contributed by atoms with Gasteiger partial charge in [0.15, 0.2) is 5.78 Å². The first-order chi connectivity index (χ1) is 7.81. The SMILES string of the molecule is NCCC#Cc1ccc(C(=O)C2CC2)cc1. The molecule has 0 bridgehead atoms. The molecule has 1 aliphatic carbocycles. The average Bonchev–Trinajstić information content (AvgIpc) is 3.13. The van der Waals surface area contributed by atoms with E-state index in [1.54, 1.807) is 0 Å². The van der Waals surface area contributed by atoms with Crippen LogP contribution in [-0.4, -0.2) is 12.3 Å². The number of benzene rings is 1. The monoisotopic (exact) mass is 213 g/mol. The quantitative estimate of drug-likeness (QED) is 0.616. The number of nitrogens with two attached hydrogens (primary N) is 1. The minimum absolute atomic E-state index is 0.279. The lowest BCUT2D eigenvalue weighted by Gasteiger charge is -1.98. The number of hydrogen-bond acceptors (Lipinski definition) is 2. The van der Waals surface area contributed by atoms with Crippen LogP contribution in [0.5, 0.6) is 0 Å². The highest BCUT2D eigenvalue weighted by atomic mass is 16.1. The highest BCUT2D eigenvalue weighted by Gasteiger charge is 2.30. The Bertz CT molecular complexity index is 432. The smallest absolute Gasteiger partial charge is 0.165 e. The first kappa shape index (κ1) is 10.9. The summed E-state index contributed by atoms with van der Waals surface area (Å²) in [6.45, 7) is 0.589. The summed E-state index contributed by atoms with van der Waals surface area (Å²) in [5, 5.41) is 0. The van der Waals surface area contributed by atoms with Gasteiger partial charge in [-0.25, -0.2) is 0 Å². The number of ketones is 1. The molecule has 0 atom stereocenters. The zero-order valence-corrected chi connectivity index (χ0v) is 9.20. The summed E-state index contributed by atoms with van der Waals surface area (Å²) in [5.41, 5.74) is 7.11. The van der Waals surface area contributed by atoms with E-state index in [0.717, 1.165) is 24.0 Å². The van der Waals surface area contributed by atoms with Gasteiger partial charge in [-0.3, -0.25) is 4.79 Å². The zero-order valence-electron chi connectivity index (χ0n) is 9.20. The average molecular weight is 213 g/mol. The first-order valence-corrected chi connectivity index (χ1v) is 5.64. The van der Waals surface area contributed by atoms with Gasteiger partial charge in [-0.05, 0) is 25.0 Å². The molecule has 16 heavy (non-hydrogen) atoms. The molecule has 1 fully saturated rings. The van der Waals surface area contributed by atoms with Crippen molar-refractivity contribution in [1.82, 2.24) is 0 Å². The topological polar surface area (TPSA) is 43.1 Å². The fourth-order valence-corrected chi connectivity index (χ4v) is 1.54. The van der Waals surface area contributed by atoms with Crippen molar-refractivity contribution in [2.45, 2.75) is 19.3 Å². The van der Waals surface area contributed by atoms with Crippen molar-refractivity contribution in [3.63, 3.8) is 0 Å². The van der Waals surface area contributed by atoms with Crippen LogP contribution in [0.15, 0.2) is 24.3 Å². The lowest BCUT2D eigenvalue weighted by atomic mass is 10.1. The normalized spacial score (nSPS) is 14.1. The Morgan fingerprint density at radius 3 is 2.56 bits per heavy atom. The third kappa shape index (κ3) is 2.71. The van der Waals surface area contributed by atoms with E-state index in [2.05, 4.69) is 11.8 Å². The van der Waals surface area contributed by atoms with Crippen molar-refractivity contribution in [3.05, 3.63) is 35.4 Å². The van der Waals surface area contributed by atoms with E-state index in [0.29, 0.717) is 13.0 Å². The Balaban J connectivity index is 2.04. The van der Waals surface area contributed by atoms with Gasteiger partial charge >= 0.3 is 0 Å². The summed E-state index contributed by atoms with van der Waals surface area (Å²) in [6.07, 6.45) is 2.82. The highest BCUT2D eigenvalue weighted by Crippen LogP contribution is 2.32. The second-order valence-corrected chi connectivity index (χ2v) is 4.06. The number of carbonyl (C=O) groups is 1. The summed E-state index contributed by atoms with van der Waals surface area (Å²) in [4.78, 5) is 11.7. The lowest BCUT2D eigenvalue weighted by Crippen LogP contribution is -2.00. The van der Waals surface area contributed by atoms with Crippen molar-refractivity contribution in [2.75, 3.05) is 6.54 Å². The maximum absolute atomic E-state index is 11.7. The second kappa shape index (κ2) is 4.96. The molecule has 1 aromatic rings. The Kier molecular flexibility index (Phi) is 3.38. The Hall–Kier alpha value is -1.59. The molecule has 0 saturated heterocycles. The molecular formula is C14H15NO. The second-order valence-electron chi connectivity index (χ2n) is 4.06. The molecule has 0 amide bonds. The molecule has 82 valence electrons. The van der Waals surface area contributed by atoms with E-state index < -0.39 is 0 Å². The number of rotatable bonds is 3. The zero-order chi connectivity index (χ0) is 11.4. The Morgan fingerprint density at radius 2 is 2.00 bits per heavy atom. The molecule has 2 N–H and O–H groups in total. The van der Waals surface area contributed by atoms with Crippen LogP contribution in [0.4, 0.5) is 0 Å². The third-order valence-corrected chi connectivity index (χ3v) is 2.62. The summed E-state index contributed by atoms with van der Waals surface area (Å²) in [5.74, 6) is 6.56. The van der Waals surface area contributed by atoms with E-state index in [1.807, 2.05) is 24.3 Å². The molecule has 0 aromatic heterocycles. The van der Waals surface area contributed by atoms with Gasteiger partial charge in [-0.15, -0.1) is 0 Å². The van der Waals surface area contributed by atoms with E-state index in [-0.39, 0.29) is 11.7 Å². The Labute approximate surface area is 95.8 Å². The third-order valence-electron chi connectivity index (χ3n) is 2.62. The van der Waals surface area contributed by atoms with Crippen molar-refractivity contribution in [2.24, 2.45) is 11.7 Å². The minimum atomic E-state index is 0.279. The summed E-state index contributed by atoms with van der Waals surface area (Å²) >= 11 is 0. The largest absolute Gasteiger partial charge is 0.330 e. The van der Waals surface area contributed by atoms with Crippen LogP contribution < -0.4 is 5.73 Å². The summed E-state index contributed by atoms with van der Waals surface area (Å²) < 4.78 is 0. The fourth-order valence-electron chi connectivity index (χ4n) is 1.54. The molecule has 0 heterocycles. The fraction of sp³-hybridized carbons (Fsp3) is 0.357. The lowest BCUT2D eigenvalue weighted by molar-refractivity contribution is 0.0967. The maximum atomic E-state index is 11.7. The van der Waals surface area contributed by atoms with Crippen LogP contribution in [0.2, 0.25) is 0 Å². The summed E-state index contributed by atoms with van der Waals surface area (Å²) in [6, 6.07) is 7.54. The van der Waals surface area contributed by atoms with Crippen LogP contribution in [-0.2, 0) is 0 Å². The van der Waals surface area contributed by atoms with Gasteiger partial charge in [0.25, 0.3) is 0 Å². The van der Waals surface area contributed by atoms with Crippen molar-refractivity contribution >= 4 is 5.78 Å². The highest BCUT2D eigenvalue weighted by molar-refractivity contribution is 5.99. The van der Waals surface area contributed by atoms with Gasteiger partial charge in [0, 0.05) is 30.0 Å². The van der Waals surface area contributed by atoms with Crippen molar-refractivity contribution in [3.8, 4) is 11.8 Å². The van der Waals surface area contributed by atoms with E-state index in [4.69, 9.17) is 5.73 Å². The molecule has 2 rings (SSSR count). The predicted molar refractivity (Wildman–Crippen MR) is 64.0 cm³/mol. The molecule has 0 unspecified atom stereocenters. The Morgan fingerprint density at radius 1 is 1.31 bits per heavy atom. The van der Waals surface area contributed by atoms with Crippen LogP contribution in [0.25, 0.3) is 0 Å².